The molecular weight excluding hydrogens is 458 g/mol. The van der Waals surface area contributed by atoms with Gasteiger partial charge in [-0.2, -0.15) is 0 Å². The highest BCUT2D eigenvalue weighted by molar-refractivity contribution is 5.99. The van der Waals surface area contributed by atoms with Crippen molar-refractivity contribution in [2.24, 2.45) is 5.92 Å². The monoisotopic (exact) mass is 499 g/mol. The number of carbonyl (C=O) groups excluding carboxylic acids is 3. The molecule has 2 amide bonds. The molecule has 36 heavy (non-hydrogen) atoms. The minimum atomic E-state index is -0.718. The standard InChI is InChI=1S/C28H41N3O5/c1-5-12-30-13-10-20(11-14-30)19-6-8-21(9-7-19)27(33)29-22(15-18(2)3)28(34)31-16-24(35-4)26-25(31)23(32)17-36-26/h6-9,18,20,22,24-26H,5,10-17H2,1-4H3,(H,29,33)/t22?,24-,25+,26+/m0/s1. The number of carbonyl (C=O) groups is 3. The lowest BCUT2D eigenvalue weighted by atomic mass is 9.89. The van der Waals surface area contributed by atoms with Crippen LogP contribution in [0.25, 0.3) is 0 Å². The van der Waals surface area contributed by atoms with E-state index in [2.05, 4.69) is 29.3 Å². The Hall–Kier alpha value is -2.29. The molecule has 1 N–H and O–H groups in total. The molecule has 0 aliphatic carbocycles. The number of hydrogen-bond donors (Lipinski definition) is 1. The SMILES string of the molecule is CCCN1CCC(c2ccc(C(=O)NC(CC(C)C)C(=O)N3C[C@H](OC)[C@H]4OCC(=O)[C@H]43)cc2)CC1. The zero-order chi connectivity index (χ0) is 25.8. The fourth-order valence-electron chi connectivity index (χ4n) is 5.89. The van der Waals surface area contributed by atoms with Gasteiger partial charge in [-0.25, -0.2) is 0 Å². The second-order valence-corrected chi connectivity index (χ2v) is 10.8. The first kappa shape index (κ1) is 26.8. The van der Waals surface area contributed by atoms with E-state index in [0.29, 0.717) is 17.9 Å². The van der Waals surface area contributed by atoms with Crippen LogP contribution in [-0.2, 0) is 19.1 Å². The zero-order valence-electron chi connectivity index (χ0n) is 22.1. The number of nitrogens with zero attached hydrogens (tertiary/aromatic N) is 2. The first-order valence-corrected chi connectivity index (χ1v) is 13.4. The van der Waals surface area contributed by atoms with Crippen molar-refractivity contribution in [3.05, 3.63) is 35.4 Å². The molecule has 1 unspecified atom stereocenters. The highest BCUT2D eigenvalue weighted by Gasteiger charge is 2.53. The second-order valence-electron chi connectivity index (χ2n) is 10.8. The van der Waals surface area contributed by atoms with Crippen molar-refractivity contribution in [1.29, 1.82) is 0 Å². The second kappa shape index (κ2) is 11.8. The maximum absolute atomic E-state index is 13.6. The topological polar surface area (TPSA) is 88.2 Å². The Morgan fingerprint density at radius 1 is 1.17 bits per heavy atom. The Morgan fingerprint density at radius 3 is 2.47 bits per heavy atom. The molecule has 1 aromatic rings. The number of likely N-dealkylation sites (tertiary alicyclic amines) is 2. The van der Waals surface area contributed by atoms with Crippen LogP contribution in [0.1, 0.15) is 68.3 Å². The summed E-state index contributed by atoms with van der Waals surface area (Å²) in [7, 11) is 1.56. The van der Waals surface area contributed by atoms with Gasteiger partial charge in [-0.1, -0.05) is 32.9 Å². The molecule has 0 spiro atoms. The van der Waals surface area contributed by atoms with Crippen molar-refractivity contribution in [3.8, 4) is 0 Å². The van der Waals surface area contributed by atoms with Gasteiger partial charge in [0.1, 0.15) is 30.9 Å². The molecule has 3 heterocycles. The van der Waals surface area contributed by atoms with Crippen molar-refractivity contribution in [1.82, 2.24) is 15.1 Å². The van der Waals surface area contributed by atoms with E-state index in [0.717, 1.165) is 32.5 Å². The van der Waals surface area contributed by atoms with E-state index in [-0.39, 0.29) is 42.8 Å². The number of amides is 2. The van der Waals surface area contributed by atoms with Crippen LogP contribution in [0.5, 0.6) is 0 Å². The summed E-state index contributed by atoms with van der Waals surface area (Å²) in [5.41, 5.74) is 1.81. The van der Waals surface area contributed by atoms with Gasteiger partial charge in [0, 0.05) is 12.7 Å². The summed E-state index contributed by atoms with van der Waals surface area (Å²) in [5.74, 6) is 0.0757. The smallest absolute Gasteiger partial charge is 0.251 e. The number of hydrogen-bond acceptors (Lipinski definition) is 6. The minimum absolute atomic E-state index is 0.00976. The molecule has 198 valence electrons. The quantitative estimate of drug-likeness (QED) is 0.562. The molecule has 0 bridgehead atoms. The number of ketones is 1. The number of Topliss-reactive ketones (excluding diaryl/α,β-unsaturated/α-hetero) is 1. The van der Waals surface area contributed by atoms with E-state index >= 15 is 0 Å². The van der Waals surface area contributed by atoms with Crippen LogP contribution in [0.3, 0.4) is 0 Å². The zero-order valence-corrected chi connectivity index (χ0v) is 22.1. The summed E-state index contributed by atoms with van der Waals surface area (Å²) in [6.07, 6.45) is 3.16. The predicted octanol–water partition coefficient (Wildman–Crippen LogP) is 2.61. The number of methoxy groups -OCH3 is 1. The Labute approximate surface area is 214 Å². The number of rotatable bonds is 9. The van der Waals surface area contributed by atoms with Crippen molar-refractivity contribution in [3.63, 3.8) is 0 Å². The third-order valence-corrected chi connectivity index (χ3v) is 7.81. The molecule has 3 saturated heterocycles. The molecule has 0 aromatic heterocycles. The molecule has 8 heteroatoms. The Kier molecular flexibility index (Phi) is 8.80. The van der Waals surface area contributed by atoms with Crippen LogP contribution in [0, 0.1) is 5.92 Å². The summed E-state index contributed by atoms with van der Waals surface area (Å²) in [4.78, 5) is 43.3. The predicted molar refractivity (Wildman–Crippen MR) is 137 cm³/mol. The van der Waals surface area contributed by atoms with Gasteiger partial charge in [0.2, 0.25) is 5.91 Å². The molecule has 3 aliphatic heterocycles. The Bertz CT molecular complexity index is 926. The van der Waals surface area contributed by atoms with Gasteiger partial charge in [0.15, 0.2) is 5.78 Å². The van der Waals surface area contributed by atoms with E-state index in [1.165, 1.54) is 12.0 Å². The highest BCUT2D eigenvalue weighted by atomic mass is 16.5. The molecule has 3 fully saturated rings. The first-order chi connectivity index (χ1) is 17.3. The number of fused-ring (bicyclic) bond motifs is 1. The van der Waals surface area contributed by atoms with Crippen molar-refractivity contribution >= 4 is 17.6 Å². The minimum Gasteiger partial charge on any atom is -0.377 e. The third-order valence-electron chi connectivity index (χ3n) is 7.81. The van der Waals surface area contributed by atoms with Crippen LogP contribution in [-0.4, -0.2) is 91.6 Å². The lowest BCUT2D eigenvalue weighted by Gasteiger charge is -2.32. The molecule has 8 nitrogen and oxygen atoms in total. The summed E-state index contributed by atoms with van der Waals surface area (Å²) in [5, 5.41) is 2.96. The molecular formula is C28H41N3O5. The summed E-state index contributed by atoms with van der Waals surface area (Å²) >= 11 is 0. The average molecular weight is 500 g/mol. The van der Waals surface area contributed by atoms with Crippen LogP contribution in [0.4, 0.5) is 0 Å². The number of nitrogens with one attached hydrogen (secondary N) is 1. The molecule has 0 saturated carbocycles. The summed E-state index contributed by atoms with van der Waals surface area (Å²) in [6, 6.07) is 6.47. The van der Waals surface area contributed by atoms with E-state index in [1.54, 1.807) is 12.0 Å². The largest absolute Gasteiger partial charge is 0.377 e. The van der Waals surface area contributed by atoms with Gasteiger partial charge in [0.05, 0.1) is 6.54 Å². The van der Waals surface area contributed by atoms with Crippen molar-refractivity contribution in [2.45, 2.75) is 76.7 Å². The van der Waals surface area contributed by atoms with E-state index in [1.807, 2.05) is 26.0 Å². The number of benzene rings is 1. The average Bonchev–Trinajstić information content (AvgIpc) is 3.44. The molecule has 0 radical (unpaired) electrons. The van der Waals surface area contributed by atoms with E-state index < -0.39 is 18.2 Å². The van der Waals surface area contributed by atoms with Gasteiger partial charge < -0.3 is 24.6 Å². The number of piperidine rings is 1. The lowest BCUT2D eigenvalue weighted by Crippen LogP contribution is -2.52. The molecule has 3 aliphatic rings. The molecule has 1 aromatic carbocycles. The Balaban J connectivity index is 1.41. The highest BCUT2D eigenvalue weighted by Crippen LogP contribution is 2.31. The van der Waals surface area contributed by atoms with Crippen molar-refractivity contribution in [2.75, 3.05) is 39.9 Å². The normalized spacial score (nSPS) is 25.9. The summed E-state index contributed by atoms with van der Waals surface area (Å²) < 4.78 is 11.1. The van der Waals surface area contributed by atoms with E-state index in [4.69, 9.17) is 9.47 Å². The third kappa shape index (κ3) is 5.82. The van der Waals surface area contributed by atoms with Crippen LogP contribution >= 0.6 is 0 Å². The van der Waals surface area contributed by atoms with Crippen LogP contribution < -0.4 is 5.32 Å². The van der Waals surface area contributed by atoms with Gasteiger partial charge >= 0.3 is 0 Å². The van der Waals surface area contributed by atoms with Gasteiger partial charge in [0.25, 0.3) is 5.91 Å². The molecule has 4 atom stereocenters. The summed E-state index contributed by atoms with van der Waals surface area (Å²) in [6.45, 7) is 9.93. The maximum atomic E-state index is 13.6. The van der Waals surface area contributed by atoms with Gasteiger partial charge in [-0.15, -0.1) is 0 Å². The Morgan fingerprint density at radius 2 is 1.86 bits per heavy atom. The maximum Gasteiger partial charge on any atom is 0.251 e. The van der Waals surface area contributed by atoms with E-state index in [9.17, 15) is 14.4 Å². The fraction of sp³-hybridized carbons (Fsp3) is 0.679. The van der Waals surface area contributed by atoms with Gasteiger partial charge in [-0.05, 0) is 74.8 Å². The lowest BCUT2D eigenvalue weighted by molar-refractivity contribution is -0.138. The number of ether oxygens (including phenoxy) is 2. The van der Waals surface area contributed by atoms with Gasteiger partial charge in [-0.3, -0.25) is 14.4 Å². The first-order valence-electron chi connectivity index (χ1n) is 13.4. The fourth-order valence-corrected chi connectivity index (χ4v) is 5.89. The van der Waals surface area contributed by atoms with Crippen molar-refractivity contribution < 1.29 is 23.9 Å². The molecule has 4 rings (SSSR count). The van der Waals surface area contributed by atoms with Crippen LogP contribution in [0.2, 0.25) is 0 Å². The van der Waals surface area contributed by atoms with Crippen LogP contribution in [0.15, 0.2) is 24.3 Å².